The van der Waals surface area contributed by atoms with Crippen molar-refractivity contribution < 1.29 is 9.59 Å². The Balaban J connectivity index is 1.89. The minimum Gasteiger partial charge on any atom is -0.299 e. The molecule has 1 fully saturated rings. The van der Waals surface area contributed by atoms with Gasteiger partial charge in [-0.2, -0.15) is 0 Å². The maximum absolute atomic E-state index is 12.1. The summed E-state index contributed by atoms with van der Waals surface area (Å²) < 4.78 is 0. The van der Waals surface area contributed by atoms with E-state index in [-0.39, 0.29) is 23.5 Å². The third kappa shape index (κ3) is 1.97. The van der Waals surface area contributed by atoms with Crippen molar-refractivity contribution in [2.24, 2.45) is 10.9 Å². The van der Waals surface area contributed by atoms with Crippen molar-refractivity contribution in [1.29, 1.82) is 0 Å². The maximum Gasteiger partial charge on any atom is 0.269 e. The molecule has 2 unspecified atom stereocenters. The molecule has 1 aromatic heterocycles. The molecule has 1 amide bonds. The van der Waals surface area contributed by atoms with Crippen LogP contribution in [-0.2, 0) is 9.59 Å². The quantitative estimate of drug-likeness (QED) is 0.778. The van der Waals surface area contributed by atoms with E-state index in [4.69, 9.17) is 0 Å². The van der Waals surface area contributed by atoms with Crippen LogP contribution in [0.4, 0.5) is 0 Å². The summed E-state index contributed by atoms with van der Waals surface area (Å²) in [6.07, 6.45) is 4.39. The molecule has 0 saturated heterocycles. The van der Waals surface area contributed by atoms with Crippen LogP contribution >= 0.6 is 11.3 Å². The molecule has 0 spiro atoms. The summed E-state index contributed by atoms with van der Waals surface area (Å²) in [6.45, 7) is 2.06. The fourth-order valence-corrected chi connectivity index (χ4v) is 3.55. The second kappa shape index (κ2) is 4.28. The minimum absolute atomic E-state index is 0.180. The molecule has 0 bridgehead atoms. The Bertz CT molecular complexity index is 582. The highest BCUT2D eigenvalue weighted by molar-refractivity contribution is 7.12. The summed E-state index contributed by atoms with van der Waals surface area (Å²) in [5, 5.41) is 0. The molecular weight excluding hydrogens is 246 g/mol. The fourth-order valence-electron chi connectivity index (χ4n) is 2.57. The van der Waals surface area contributed by atoms with Gasteiger partial charge in [0, 0.05) is 33.9 Å². The Morgan fingerprint density at radius 1 is 1.28 bits per heavy atom. The number of ketones is 1. The summed E-state index contributed by atoms with van der Waals surface area (Å²) in [5.41, 5.74) is 0.745. The van der Waals surface area contributed by atoms with Gasteiger partial charge < -0.3 is 0 Å². The van der Waals surface area contributed by atoms with E-state index in [0.717, 1.165) is 12.1 Å². The van der Waals surface area contributed by atoms with E-state index in [0.29, 0.717) is 6.42 Å². The highest BCUT2D eigenvalue weighted by Crippen LogP contribution is 2.37. The lowest BCUT2D eigenvalue weighted by molar-refractivity contribution is -0.120. The number of carbonyl (C=O) groups is 2. The number of Topliss-reactive ketones (excluding diaryl/α,β-unsaturated/α-hetero) is 1. The Morgan fingerprint density at radius 2 is 2.11 bits per heavy atom. The van der Waals surface area contributed by atoms with Gasteiger partial charge in [-0.05, 0) is 25.5 Å². The van der Waals surface area contributed by atoms with Crippen molar-refractivity contribution in [1.82, 2.24) is 0 Å². The third-order valence-corrected chi connectivity index (χ3v) is 4.62. The Labute approximate surface area is 109 Å². The van der Waals surface area contributed by atoms with E-state index in [1.165, 1.54) is 15.8 Å². The number of hydrogen-bond acceptors (Lipinski definition) is 3. The molecule has 1 aliphatic carbocycles. The van der Waals surface area contributed by atoms with Crippen LogP contribution in [0.1, 0.15) is 28.5 Å². The largest absolute Gasteiger partial charge is 0.299 e. The predicted molar refractivity (Wildman–Crippen MR) is 71.1 cm³/mol. The van der Waals surface area contributed by atoms with E-state index in [1.54, 1.807) is 17.4 Å². The number of rotatable bonds is 1. The normalized spacial score (nSPS) is 27.1. The second-order valence-corrected chi connectivity index (χ2v) is 6.12. The van der Waals surface area contributed by atoms with E-state index in [1.807, 2.05) is 0 Å². The van der Waals surface area contributed by atoms with Crippen molar-refractivity contribution in [3.05, 3.63) is 34.0 Å². The van der Waals surface area contributed by atoms with E-state index in [2.05, 4.69) is 24.0 Å². The molecule has 0 radical (unpaired) electrons. The maximum atomic E-state index is 12.1. The third-order valence-electron chi connectivity index (χ3n) is 3.46. The zero-order valence-corrected chi connectivity index (χ0v) is 10.9. The summed E-state index contributed by atoms with van der Waals surface area (Å²) in [6, 6.07) is 4.16. The molecule has 0 N–H and O–H groups in total. The summed E-state index contributed by atoms with van der Waals surface area (Å²) in [7, 11) is 0. The van der Waals surface area contributed by atoms with Crippen molar-refractivity contribution in [3.63, 3.8) is 0 Å². The van der Waals surface area contributed by atoms with Crippen molar-refractivity contribution >= 4 is 28.7 Å². The number of aryl methyl sites for hydroxylation is 1. The van der Waals surface area contributed by atoms with Crippen molar-refractivity contribution in [2.75, 3.05) is 0 Å². The molecule has 1 aliphatic heterocycles. The first-order valence-electron chi connectivity index (χ1n) is 6.02. The highest BCUT2D eigenvalue weighted by Gasteiger charge is 2.35. The molecule has 18 heavy (non-hydrogen) atoms. The summed E-state index contributed by atoms with van der Waals surface area (Å²) in [4.78, 5) is 29.9. The first kappa shape index (κ1) is 11.5. The number of amides is 1. The molecule has 2 aliphatic rings. The lowest BCUT2D eigenvalue weighted by Crippen LogP contribution is -2.33. The fraction of sp³-hybridized carbons (Fsp3) is 0.357. The smallest absolute Gasteiger partial charge is 0.269 e. The second-order valence-electron chi connectivity index (χ2n) is 4.80. The number of fused-ring (bicyclic) bond motifs is 1. The van der Waals surface area contributed by atoms with Gasteiger partial charge in [-0.1, -0.05) is 6.08 Å². The highest BCUT2D eigenvalue weighted by atomic mass is 32.1. The first-order valence-corrected chi connectivity index (χ1v) is 6.84. The van der Waals surface area contributed by atoms with Crippen LogP contribution < -0.4 is 0 Å². The zero-order chi connectivity index (χ0) is 12.7. The molecule has 3 nitrogen and oxygen atoms in total. The Kier molecular flexibility index (Phi) is 2.74. The number of thiophene rings is 1. The monoisotopic (exact) mass is 259 g/mol. The number of allylic oxidation sites excluding steroid dienone is 1. The number of hydrogen-bond donors (Lipinski definition) is 0. The van der Waals surface area contributed by atoms with Gasteiger partial charge in [0.1, 0.15) is 5.78 Å². The van der Waals surface area contributed by atoms with Crippen LogP contribution in [-0.4, -0.2) is 17.4 Å². The first-order chi connectivity index (χ1) is 8.63. The molecule has 2 atom stereocenters. The topological polar surface area (TPSA) is 46.5 Å². The van der Waals surface area contributed by atoms with Gasteiger partial charge in [-0.15, -0.1) is 11.3 Å². The van der Waals surface area contributed by atoms with Crippen molar-refractivity contribution in [2.45, 2.75) is 25.7 Å². The van der Waals surface area contributed by atoms with Gasteiger partial charge in [0.25, 0.3) is 5.91 Å². The SMILES string of the molecule is Cc1ccc(C2CC(=O)C3C=CC(=O)N=C3C2)s1. The van der Waals surface area contributed by atoms with E-state index < -0.39 is 0 Å². The molecule has 4 heteroatoms. The standard InChI is InChI=1S/C14H13NO2S/c1-8-2-4-13(18-8)9-6-11-10(12(16)7-9)3-5-14(17)15-11/h2-5,9-10H,6-7H2,1H3. The van der Waals surface area contributed by atoms with Crippen LogP contribution in [0.2, 0.25) is 0 Å². The average molecular weight is 259 g/mol. The van der Waals surface area contributed by atoms with Gasteiger partial charge in [0.2, 0.25) is 0 Å². The predicted octanol–water partition coefficient (Wildman–Crippen LogP) is 2.66. The van der Waals surface area contributed by atoms with E-state index in [9.17, 15) is 9.59 Å². The van der Waals surface area contributed by atoms with Crippen LogP contribution in [0.15, 0.2) is 29.3 Å². The Hall–Kier alpha value is -1.55. The number of carbonyl (C=O) groups excluding carboxylic acids is 2. The van der Waals surface area contributed by atoms with Gasteiger partial charge in [0.05, 0.1) is 5.92 Å². The molecule has 3 rings (SSSR count). The van der Waals surface area contributed by atoms with Crippen LogP contribution in [0, 0.1) is 12.8 Å². The van der Waals surface area contributed by atoms with Gasteiger partial charge in [-0.3, -0.25) is 9.59 Å². The minimum atomic E-state index is -0.250. The molecule has 1 saturated carbocycles. The van der Waals surface area contributed by atoms with E-state index >= 15 is 0 Å². The van der Waals surface area contributed by atoms with Crippen LogP contribution in [0.5, 0.6) is 0 Å². The molecular formula is C14H13NO2S. The van der Waals surface area contributed by atoms with Crippen LogP contribution in [0.25, 0.3) is 0 Å². The van der Waals surface area contributed by atoms with Gasteiger partial charge in [-0.25, -0.2) is 4.99 Å². The number of dihydropyridines is 1. The molecule has 2 heterocycles. The zero-order valence-electron chi connectivity index (χ0n) is 10.1. The van der Waals surface area contributed by atoms with Gasteiger partial charge >= 0.3 is 0 Å². The summed E-state index contributed by atoms with van der Waals surface area (Å²) in [5.74, 6) is -0.109. The lowest BCUT2D eigenvalue weighted by Gasteiger charge is -2.28. The number of nitrogens with zero attached hydrogens (tertiary/aromatic N) is 1. The van der Waals surface area contributed by atoms with Crippen molar-refractivity contribution in [3.8, 4) is 0 Å². The number of aliphatic imine (C=N–C) groups is 1. The molecule has 1 aromatic rings. The van der Waals surface area contributed by atoms with Gasteiger partial charge in [0.15, 0.2) is 0 Å². The Morgan fingerprint density at radius 3 is 2.83 bits per heavy atom. The van der Waals surface area contributed by atoms with Crippen LogP contribution in [0.3, 0.4) is 0 Å². The average Bonchev–Trinajstić information content (AvgIpc) is 2.75. The molecule has 92 valence electrons. The summed E-state index contributed by atoms with van der Waals surface area (Å²) >= 11 is 1.73. The molecule has 0 aromatic carbocycles. The lowest BCUT2D eigenvalue weighted by atomic mass is 9.78.